The number of hydrogen-bond donors (Lipinski definition) is 5. The van der Waals surface area contributed by atoms with Crippen molar-refractivity contribution in [1.29, 1.82) is 0 Å². The molecule has 1 spiro atoms. The zero-order chi connectivity index (χ0) is 23.0. The number of aromatic hydroxyl groups is 1. The van der Waals surface area contributed by atoms with Crippen molar-refractivity contribution >= 4 is 11.9 Å². The van der Waals surface area contributed by atoms with E-state index < -0.39 is 41.3 Å². The number of carboxylic acids is 1. The lowest BCUT2D eigenvalue weighted by molar-refractivity contribution is -0.170. The van der Waals surface area contributed by atoms with Crippen LogP contribution in [-0.2, 0) is 26.2 Å². The van der Waals surface area contributed by atoms with Crippen molar-refractivity contribution < 1.29 is 39.5 Å². The number of carbonyl (C=O) groups excluding carboxylic acids is 1. The minimum atomic E-state index is -1.92. The Morgan fingerprint density at radius 1 is 1.38 bits per heavy atom. The van der Waals surface area contributed by atoms with Crippen LogP contribution in [0.1, 0.15) is 30.9 Å². The third kappa shape index (κ3) is 2.60. The maximum atomic E-state index is 12.7. The van der Waals surface area contributed by atoms with E-state index in [0.29, 0.717) is 25.1 Å². The number of benzene rings is 1. The van der Waals surface area contributed by atoms with E-state index >= 15 is 0 Å². The Morgan fingerprint density at radius 2 is 2.12 bits per heavy atom. The smallest absolute Gasteiger partial charge is 0.347 e. The second-order valence-electron chi connectivity index (χ2n) is 9.15. The van der Waals surface area contributed by atoms with Gasteiger partial charge in [-0.15, -0.1) is 0 Å². The third-order valence-electron chi connectivity index (χ3n) is 7.57. The molecule has 6 atom stereocenters. The summed E-state index contributed by atoms with van der Waals surface area (Å²) in [7, 11) is 1.98. The molecule has 0 radical (unpaired) electrons. The van der Waals surface area contributed by atoms with Crippen LogP contribution in [0.2, 0.25) is 0 Å². The fourth-order valence-corrected chi connectivity index (χ4v) is 6.02. The van der Waals surface area contributed by atoms with Crippen molar-refractivity contribution in [2.24, 2.45) is 0 Å². The van der Waals surface area contributed by atoms with Gasteiger partial charge < -0.3 is 34.8 Å². The van der Waals surface area contributed by atoms with Gasteiger partial charge in [-0.25, -0.2) is 9.59 Å². The zero-order valence-electron chi connectivity index (χ0n) is 17.7. The largest absolute Gasteiger partial charge is 0.504 e. The number of rotatable bonds is 5. The molecule has 2 bridgehead atoms. The predicted molar refractivity (Wildman–Crippen MR) is 109 cm³/mol. The van der Waals surface area contributed by atoms with Crippen molar-refractivity contribution in [3.05, 3.63) is 35.1 Å². The van der Waals surface area contributed by atoms with E-state index in [4.69, 9.17) is 14.6 Å². The first kappa shape index (κ1) is 21.2. The first-order chi connectivity index (χ1) is 15.1. The van der Waals surface area contributed by atoms with Gasteiger partial charge in [0, 0.05) is 18.0 Å². The number of hydrogen-bond acceptors (Lipinski definition) is 9. The molecule has 1 fully saturated rings. The molecule has 172 valence electrons. The number of carboxylic acid groups (broad SMARTS) is 1. The van der Waals surface area contributed by atoms with Gasteiger partial charge in [0.05, 0.1) is 11.0 Å². The molecule has 0 aromatic heterocycles. The molecule has 1 aromatic rings. The van der Waals surface area contributed by atoms with Crippen molar-refractivity contribution in [2.75, 3.05) is 13.6 Å². The minimum Gasteiger partial charge on any atom is -0.504 e. The number of piperidine rings is 1. The van der Waals surface area contributed by atoms with Crippen LogP contribution >= 0.6 is 0 Å². The highest BCUT2D eigenvalue weighted by Crippen LogP contribution is 2.65. The Bertz CT molecular complexity index is 1040. The first-order valence-electron chi connectivity index (χ1n) is 10.6. The van der Waals surface area contributed by atoms with Crippen molar-refractivity contribution in [1.82, 2.24) is 10.2 Å². The first-order valence-corrected chi connectivity index (χ1v) is 10.6. The SMILES string of the molecule is C[C@H](N[C@H](O)C(=O)O)C(=O)OC1=CC[C@@]2(O)[C@H]3Cc4ccc(O)c5c4[C@@]2(CCN3C)[C@H]1O5. The Morgan fingerprint density at radius 3 is 2.84 bits per heavy atom. The number of phenols is 1. The van der Waals surface area contributed by atoms with Crippen LogP contribution in [0, 0.1) is 0 Å². The molecule has 0 saturated carbocycles. The summed E-state index contributed by atoms with van der Waals surface area (Å²) in [5.74, 6) is -1.81. The lowest BCUT2D eigenvalue weighted by Gasteiger charge is -2.61. The number of esters is 1. The summed E-state index contributed by atoms with van der Waals surface area (Å²) in [4.78, 5) is 25.7. The van der Waals surface area contributed by atoms with Gasteiger partial charge in [0.15, 0.2) is 17.6 Å². The van der Waals surface area contributed by atoms with Crippen LogP contribution in [0.4, 0.5) is 0 Å². The summed E-state index contributed by atoms with van der Waals surface area (Å²) < 4.78 is 11.8. The van der Waals surface area contributed by atoms with Crippen LogP contribution in [0.25, 0.3) is 0 Å². The van der Waals surface area contributed by atoms with Crippen molar-refractivity contribution in [3.8, 4) is 11.5 Å². The van der Waals surface area contributed by atoms with Crippen LogP contribution in [0.15, 0.2) is 24.0 Å². The summed E-state index contributed by atoms with van der Waals surface area (Å²) in [6.07, 6.45) is 0.302. The molecule has 10 nitrogen and oxygen atoms in total. The highest BCUT2D eigenvalue weighted by atomic mass is 16.6. The van der Waals surface area contributed by atoms with Crippen LogP contribution < -0.4 is 10.1 Å². The maximum Gasteiger partial charge on any atom is 0.347 e. The normalized spacial score (nSPS) is 34.1. The number of nitrogens with one attached hydrogen (secondary N) is 1. The second-order valence-corrected chi connectivity index (χ2v) is 9.15. The van der Waals surface area contributed by atoms with Gasteiger partial charge in [0.1, 0.15) is 11.8 Å². The summed E-state index contributed by atoms with van der Waals surface area (Å²) in [6.45, 7) is 2.08. The number of aliphatic hydroxyl groups excluding tert-OH is 1. The molecule has 2 heterocycles. The number of likely N-dealkylation sites (N-methyl/N-ethyl adjacent to an activating group) is 1. The van der Waals surface area contributed by atoms with E-state index in [0.717, 1.165) is 11.1 Å². The fraction of sp³-hybridized carbons (Fsp3) is 0.545. The van der Waals surface area contributed by atoms with Crippen molar-refractivity contribution in [3.63, 3.8) is 0 Å². The second kappa shape index (κ2) is 6.92. The van der Waals surface area contributed by atoms with E-state index in [1.54, 1.807) is 12.1 Å². The lowest BCUT2D eigenvalue weighted by atomic mass is 9.50. The quantitative estimate of drug-likeness (QED) is 0.299. The van der Waals surface area contributed by atoms with E-state index in [1.165, 1.54) is 6.92 Å². The number of nitrogens with zero attached hydrogens (tertiary/aromatic N) is 1. The lowest BCUT2D eigenvalue weighted by Crippen LogP contribution is -2.74. The van der Waals surface area contributed by atoms with Gasteiger partial charge in [0.2, 0.25) is 6.23 Å². The topological polar surface area (TPSA) is 149 Å². The minimum absolute atomic E-state index is 0.0301. The van der Waals surface area contributed by atoms with Gasteiger partial charge in [-0.2, -0.15) is 0 Å². The highest BCUT2D eigenvalue weighted by Gasteiger charge is 2.72. The van der Waals surface area contributed by atoms with E-state index in [2.05, 4.69) is 10.2 Å². The number of aliphatic carboxylic acids is 1. The number of phenolic OH excluding ortho intramolecular Hbond substituents is 1. The Balaban J connectivity index is 1.53. The summed E-state index contributed by atoms with van der Waals surface area (Å²) in [5.41, 5.74) is -0.277. The monoisotopic (exact) mass is 446 g/mol. The van der Waals surface area contributed by atoms with Gasteiger partial charge in [-0.05, 0) is 51.1 Å². The van der Waals surface area contributed by atoms with Crippen molar-refractivity contribution in [2.45, 2.75) is 61.6 Å². The standard InChI is InChI=1S/C22H26N2O8/c1-10(23-18(26)19(27)28)20(29)31-13-5-6-22(30)14-9-11-3-4-12(25)16-15(11)21(22,17(13)32-16)7-8-24(14)2/h3-5,10,14,17-18,23,25-26,30H,6-9H2,1-2H3,(H,27,28)/t10-,14+,17-,18+,21-,22+/m0/s1. The Hall–Kier alpha value is -2.66. The molecular formula is C22H26N2O8. The maximum absolute atomic E-state index is 12.7. The van der Waals surface area contributed by atoms with E-state index in [-0.39, 0.29) is 24.0 Å². The summed E-state index contributed by atoms with van der Waals surface area (Å²) in [6, 6.07) is 2.17. The molecule has 5 rings (SSSR count). The van der Waals surface area contributed by atoms with E-state index in [1.807, 2.05) is 13.1 Å². The van der Waals surface area contributed by atoms with Gasteiger partial charge in [-0.1, -0.05) is 6.07 Å². The summed E-state index contributed by atoms with van der Waals surface area (Å²) in [5, 5.41) is 43.1. The molecule has 0 unspecified atom stereocenters. The third-order valence-corrected chi connectivity index (χ3v) is 7.57. The molecule has 2 aliphatic heterocycles. The van der Waals surface area contributed by atoms with Gasteiger partial charge in [-0.3, -0.25) is 5.32 Å². The highest BCUT2D eigenvalue weighted by molar-refractivity contribution is 5.78. The average molecular weight is 446 g/mol. The number of aliphatic hydroxyl groups is 2. The number of carbonyl (C=O) groups is 2. The fourth-order valence-electron chi connectivity index (χ4n) is 6.02. The summed E-state index contributed by atoms with van der Waals surface area (Å²) >= 11 is 0. The van der Waals surface area contributed by atoms with E-state index in [9.17, 15) is 24.9 Å². The molecule has 2 aliphatic carbocycles. The predicted octanol–water partition coefficient (Wildman–Crippen LogP) is -0.406. The molecule has 4 aliphatic rings. The molecule has 0 amide bonds. The molecule has 10 heteroatoms. The molecular weight excluding hydrogens is 420 g/mol. The molecule has 5 N–H and O–H groups in total. The molecule has 1 aromatic carbocycles. The number of likely N-dealkylation sites (tertiary alicyclic amines) is 1. The Kier molecular flexibility index (Phi) is 4.58. The van der Waals surface area contributed by atoms with Gasteiger partial charge >= 0.3 is 11.9 Å². The Labute approximate surface area is 184 Å². The molecule has 1 saturated heterocycles. The van der Waals surface area contributed by atoms with Gasteiger partial charge in [0.25, 0.3) is 0 Å². The number of ether oxygens (including phenoxy) is 2. The van der Waals surface area contributed by atoms with Crippen LogP contribution in [0.5, 0.6) is 11.5 Å². The van der Waals surface area contributed by atoms with Crippen LogP contribution in [-0.4, -0.2) is 80.9 Å². The average Bonchev–Trinajstić information content (AvgIpc) is 3.10. The van der Waals surface area contributed by atoms with Crippen LogP contribution in [0.3, 0.4) is 0 Å². The molecule has 32 heavy (non-hydrogen) atoms. The zero-order valence-corrected chi connectivity index (χ0v) is 17.7.